The molecule has 0 saturated heterocycles. The van der Waals surface area contributed by atoms with E-state index in [0.717, 1.165) is 20.6 Å². The van der Waals surface area contributed by atoms with Crippen molar-refractivity contribution in [2.45, 2.75) is 0 Å². The Bertz CT molecular complexity index is 379. The molecule has 1 aromatic carbocycles. The minimum atomic E-state index is -0.987. The molecule has 0 fully saturated rings. The second-order valence-corrected chi connectivity index (χ2v) is 4.60. The number of rotatable bonds is 2. The molecule has 74 valence electrons. The highest BCUT2D eigenvalue weighted by atomic mass is 79.9. The van der Waals surface area contributed by atoms with Crippen molar-refractivity contribution in [3.05, 3.63) is 37.7 Å². The number of halogens is 3. The van der Waals surface area contributed by atoms with Crippen LogP contribution in [0.3, 0.4) is 0 Å². The average molecular weight is 340 g/mol. The number of carbonyl (C=O) groups is 1. The number of benzene rings is 1. The van der Waals surface area contributed by atoms with Gasteiger partial charge in [0.15, 0.2) is 0 Å². The quantitative estimate of drug-likeness (QED) is 0.828. The summed E-state index contributed by atoms with van der Waals surface area (Å²) in [7, 11) is 0. The first kappa shape index (κ1) is 11.8. The normalized spacial score (nSPS) is 10.8. The molecule has 1 aromatic rings. The molecule has 0 aliphatic carbocycles. The van der Waals surface area contributed by atoms with Gasteiger partial charge in [0.25, 0.3) is 0 Å². The lowest BCUT2D eigenvalue weighted by Gasteiger charge is -2.02. The molecule has 0 aromatic heterocycles. The van der Waals surface area contributed by atoms with Crippen molar-refractivity contribution in [1.29, 1.82) is 0 Å². The first-order valence-electron chi connectivity index (χ1n) is 3.56. The Hall–Kier alpha value is -0.320. The second-order valence-electron chi connectivity index (χ2n) is 2.45. The summed E-state index contributed by atoms with van der Waals surface area (Å²) >= 11 is 12.4. The van der Waals surface area contributed by atoms with Crippen LogP contribution in [-0.4, -0.2) is 11.1 Å². The van der Waals surface area contributed by atoms with Crippen LogP contribution in [0.25, 0.3) is 6.08 Å². The van der Waals surface area contributed by atoms with E-state index in [2.05, 4.69) is 31.9 Å². The molecule has 1 N–H and O–H groups in total. The van der Waals surface area contributed by atoms with Crippen LogP contribution in [0.1, 0.15) is 5.56 Å². The highest BCUT2D eigenvalue weighted by Gasteiger charge is 2.04. The van der Waals surface area contributed by atoms with E-state index in [1.807, 2.05) is 0 Å². The van der Waals surface area contributed by atoms with Crippen LogP contribution in [0.15, 0.2) is 27.2 Å². The van der Waals surface area contributed by atoms with Gasteiger partial charge in [-0.3, -0.25) is 0 Å². The third-order valence-electron chi connectivity index (χ3n) is 1.44. The molecule has 0 aliphatic rings. The fourth-order valence-electron chi connectivity index (χ4n) is 0.867. The maximum atomic E-state index is 10.3. The van der Waals surface area contributed by atoms with Gasteiger partial charge in [-0.05, 0) is 18.2 Å². The predicted molar refractivity (Wildman–Crippen MR) is 63.5 cm³/mol. The van der Waals surface area contributed by atoms with Crippen LogP contribution in [0.4, 0.5) is 0 Å². The van der Waals surface area contributed by atoms with Crippen molar-refractivity contribution in [3.8, 4) is 0 Å². The maximum Gasteiger partial charge on any atom is 0.328 e. The van der Waals surface area contributed by atoms with Crippen molar-refractivity contribution in [1.82, 2.24) is 0 Å². The molecule has 0 heterocycles. The Morgan fingerprint density at radius 2 is 1.86 bits per heavy atom. The molecule has 0 atom stereocenters. The molecule has 1 rings (SSSR count). The Morgan fingerprint density at radius 1 is 1.36 bits per heavy atom. The van der Waals surface area contributed by atoms with Crippen molar-refractivity contribution >= 4 is 55.5 Å². The summed E-state index contributed by atoms with van der Waals surface area (Å²) in [5.41, 5.74) is 0.747. The predicted octanol–water partition coefficient (Wildman–Crippen LogP) is 3.96. The van der Waals surface area contributed by atoms with E-state index >= 15 is 0 Å². The van der Waals surface area contributed by atoms with Crippen LogP contribution < -0.4 is 0 Å². The fraction of sp³-hybridized carbons (Fsp3) is 0. The first-order chi connectivity index (χ1) is 6.50. The van der Waals surface area contributed by atoms with Gasteiger partial charge in [-0.25, -0.2) is 4.79 Å². The zero-order valence-corrected chi connectivity index (χ0v) is 10.7. The number of carboxylic acids is 1. The molecule has 5 heteroatoms. The van der Waals surface area contributed by atoms with Crippen LogP contribution in [0, 0.1) is 0 Å². The van der Waals surface area contributed by atoms with Crippen LogP contribution in [0.2, 0.25) is 5.02 Å². The molecule has 0 unspecified atom stereocenters. The van der Waals surface area contributed by atoms with Crippen molar-refractivity contribution in [3.63, 3.8) is 0 Å². The van der Waals surface area contributed by atoms with Gasteiger partial charge in [-0.15, -0.1) is 0 Å². The smallest absolute Gasteiger partial charge is 0.328 e. The second kappa shape index (κ2) is 4.96. The van der Waals surface area contributed by atoms with Gasteiger partial charge in [-0.2, -0.15) is 0 Å². The Morgan fingerprint density at radius 3 is 2.29 bits per heavy atom. The largest absolute Gasteiger partial charge is 0.478 e. The summed E-state index contributed by atoms with van der Waals surface area (Å²) in [6.45, 7) is 0. The molecule has 0 aliphatic heterocycles. The lowest BCUT2D eigenvalue weighted by molar-refractivity contribution is -0.131. The van der Waals surface area contributed by atoms with Gasteiger partial charge in [0.05, 0.1) is 0 Å². The van der Waals surface area contributed by atoms with Gasteiger partial charge in [0.2, 0.25) is 0 Å². The third-order valence-corrected chi connectivity index (χ3v) is 2.97. The molecule has 0 amide bonds. The SMILES string of the molecule is O=C(O)/C=C/c1c(Br)cc(Cl)cc1Br. The third kappa shape index (κ3) is 3.12. The molecule has 14 heavy (non-hydrogen) atoms. The summed E-state index contributed by atoms with van der Waals surface area (Å²) < 4.78 is 1.49. The zero-order valence-electron chi connectivity index (χ0n) is 6.80. The molecule has 0 saturated carbocycles. The summed E-state index contributed by atoms with van der Waals surface area (Å²) in [5, 5.41) is 9.05. The first-order valence-corrected chi connectivity index (χ1v) is 5.52. The number of hydrogen-bond acceptors (Lipinski definition) is 1. The highest BCUT2D eigenvalue weighted by Crippen LogP contribution is 2.30. The zero-order chi connectivity index (χ0) is 10.7. The van der Waals surface area contributed by atoms with E-state index in [1.165, 1.54) is 6.08 Å². The van der Waals surface area contributed by atoms with Crippen LogP contribution in [-0.2, 0) is 4.79 Å². The van der Waals surface area contributed by atoms with E-state index in [4.69, 9.17) is 16.7 Å². The summed E-state index contributed by atoms with van der Waals surface area (Å²) in [5.74, 6) is -0.987. The summed E-state index contributed by atoms with van der Waals surface area (Å²) in [6.07, 6.45) is 2.56. The van der Waals surface area contributed by atoms with Crippen LogP contribution >= 0.6 is 43.5 Å². The Labute approximate surface area is 103 Å². The number of aliphatic carboxylic acids is 1. The van der Waals surface area contributed by atoms with Crippen molar-refractivity contribution in [2.75, 3.05) is 0 Å². The van der Waals surface area contributed by atoms with E-state index in [1.54, 1.807) is 12.1 Å². The van der Waals surface area contributed by atoms with E-state index in [9.17, 15) is 4.79 Å². The van der Waals surface area contributed by atoms with Crippen molar-refractivity contribution < 1.29 is 9.90 Å². The van der Waals surface area contributed by atoms with E-state index < -0.39 is 5.97 Å². The Kier molecular flexibility index (Phi) is 4.16. The maximum absolute atomic E-state index is 10.3. The average Bonchev–Trinajstić information content (AvgIpc) is 2.01. The van der Waals surface area contributed by atoms with Gasteiger partial charge < -0.3 is 5.11 Å². The minimum Gasteiger partial charge on any atom is -0.478 e. The highest BCUT2D eigenvalue weighted by molar-refractivity contribution is 9.11. The van der Waals surface area contributed by atoms with Gasteiger partial charge in [0.1, 0.15) is 0 Å². The summed E-state index contributed by atoms with van der Waals surface area (Å²) in [4.78, 5) is 10.3. The minimum absolute atomic E-state index is 0.580. The topological polar surface area (TPSA) is 37.3 Å². The monoisotopic (exact) mass is 338 g/mol. The number of carboxylic acid groups (broad SMARTS) is 1. The van der Waals surface area contributed by atoms with Crippen molar-refractivity contribution in [2.24, 2.45) is 0 Å². The molecular formula is C9H5Br2ClO2. The molecule has 0 spiro atoms. The van der Waals surface area contributed by atoms with E-state index in [0.29, 0.717) is 5.02 Å². The summed E-state index contributed by atoms with van der Waals surface area (Å²) in [6, 6.07) is 3.40. The van der Waals surface area contributed by atoms with Crippen LogP contribution in [0.5, 0.6) is 0 Å². The van der Waals surface area contributed by atoms with Gasteiger partial charge in [0, 0.05) is 25.6 Å². The standard InChI is InChI=1S/C9H5Br2ClO2/c10-7-3-5(12)4-8(11)6(7)1-2-9(13)14/h1-4H,(H,13,14)/b2-1+. The number of hydrogen-bond donors (Lipinski definition) is 1. The van der Waals surface area contributed by atoms with E-state index in [-0.39, 0.29) is 0 Å². The van der Waals surface area contributed by atoms with Gasteiger partial charge >= 0.3 is 5.97 Å². The molecule has 2 nitrogen and oxygen atoms in total. The molecule has 0 radical (unpaired) electrons. The fourth-order valence-corrected chi connectivity index (χ4v) is 2.80. The lowest BCUT2D eigenvalue weighted by Crippen LogP contribution is -1.87. The van der Waals surface area contributed by atoms with Gasteiger partial charge in [-0.1, -0.05) is 43.5 Å². The lowest BCUT2D eigenvalue weighted by atomic mass is 10.2. The molecule has 0 bridgehead atoms. The molecular weight excluding hydrogens is 335 g/mol. The Balaban J connectivity index is 3.15.